The maximum atomic E-state index is 11.9. The highest BCUT2D eigenvalue weighted by molar-refractivity contribution is 7.99. The lowest BCUT2D eigenvalue weighted by atomic mass is 10.1. The summed E-state index contributed by atoms with van der Waals surface area (Å²) in [6.45, 7) is 7.74. The van der Waals surface area contributed by atoms with Crippen LogP contribution in [0.2, 0.25) is 0 Å². The van der Waals surface area contributed by atoms with E-state index in [4.69, 9.17) is 4.42 Å². The highest BCUT2D eigenvalue weighted by atomic mass is 32.2. The van der Waals surface area contributed by atoms with Gasteiger partial charge in [0, 0.05) is 25.7 Å². The van der Waals surface area contributed by atoms with Crippen LogP contribution in [0, 0.1) is 5.21 Å². The van der Waals surface area contributed by atoms with Gasteiger partial charge in [0.15, 0.2) is 16.4 Å². The normalized spacial score (nSPS) is 12.7. The van der Waals surface area contributed by atoms with Crippen LogP contribution >= 0.6 is 11.8 Å². The molecule has 4 heteroatoms. The monoisotopic (exact) mass is 303 g/mol. The van der Waals surface area contributed by atoms with Gasteiger partial charge in [0.2, 0.25) is 6.21 Å². The number of benzene rings is 1. The van der Waals surface area contributed by atoms with Gasteiger partial charge in [0.1, 0.15) is 0 Å². The molecule has 3 nitrogen and oxygen atoms in total. The van der Waals surface area contributed by atoms with Crippen molar-refractivity contribution >= 4 is 18.0 Å². The Bertz CT molecular complexity index is 621. The summed E-state index contributed by atoms with van der Waals surface area (Å²) in [5.74, 6) is 0.576. The minimum atomic E-state index is -0.462. The lowest BCUT2D eigenvalue weighted by Crippen LogP contribution is -2.29. The average molecular weight is 303 g/mol. The molecule has 0 spiro atoms. The molecule has 1 aromatic carbocycles. The van der Waals surface area contributed by atoms with E-state index in [-0.39, 0.29) is 0 Å². The van der Waals surface area contributed by atoms with E-state index < -0.39 is 5.54 Å². The van der Waals surface area contributed by atoms with Crippen molar-refractivity contribution in [2.45, 2.75) is 49.6 Å². The largest absolute Gasteiger partial charge is 0.623 e. The molecule has 2 aromatic rings. The Balaban J connectivity index is 2.09. The van der Waals surface area contributed by atoms with Gasteiger partial charge in [-0.25, -0.2) is 4.74 Å². The molecule has 0 fully saturated rings. The van der Waals surface area contributed by atoms with E-state index in [0.29, 0.717) is 5.76 Å². The van der Waals surface area contributed by atoms with Crippen LogP contribution in [0.4, 0.5) is 0 Å². The fraction of sp³-hybridized carbons (Fsp3) is 0.353. The van der Waals surface area contributed by atoms with Crippen molar-refractivity contribution in [1.82, 2.24) is 0 Å². The zero-order valence-electron chi connectivity index (χ0n) is 12.9. The number of hydroxylamine groups is 1. The van der Waals surface area contributed by atoms with Gasteiger partial charge in [-0.1, -0.05) is 30.8 Å². The van der Waals surface area contributed by atoms with Gasteiger partial charge in [-0.05, 0) is 36.2 Å². The lowest BCUT2D eigenvalue weighted by molar-refractivity contribution is -0.530. The predicted octanol–water partition coefficient (Wildman–Crippen LogP) is 4.72. The second-order valence-corrected chi connectivity index (χ2v) is 6.96. The minimum Gasteiger partial charge on any atom is -0.623 e. The molecule has 0 saturated carbocycles. The highest BCUT2D eigenvalue weighted by Gasteiger charge is 2.18. The first-order chi connectivity index (χ1) is 9.88. The summed E-state index contributed by atoms with van der Waals surface area (Å²) in [4.78, 5) is 1.13. The van der Waals surface area contributed by atoms with Crippen LogP contribution in [-0.4, -0.2) is 16.5 Å². The Morgan fingerprint density at radius 2 is 1.81 bits per heavy atom. The maximum absolute atomic E-state index is 11.9. The van der Waals surface area contributed by atoms with Crippen LogP contribution < -0.4 is 0 Å². The number of furan rings is 1. The number of aryl methyl sites for hydroxylation is 1. The van der Waals surface area contributed by atoms with Crippen molar-refractivity contribution in [2.24, 2.45) is 0 Å². The summed E-state index contributed by atoms with van der Waals surface area (Å²) in [7, 11) is 0. The summed E-state index contributed by atoms with van der Waals surface area (Å²) in [5, 5.41) is 12.7. The smallest absolute Gasteiger partial charge is 0.218 e. The molecular formula is C17H21NO2S. The summed E-state index contributed by atoms with van der Waals surface area (Å²) >= 11 is 1.55. The summed E-state index contributed by atoms with van der Waals surface area (Å²) in [5.41, 5.74) is 0.857. The van der Waals surface area contributed by atoms with Crippen molar-refractivity contribution in [1.29, 1.82) is 0 Å². The quantitative estimate of drug-likeness (QED) is 0.355. The molecule has 1 aromatic heterocycles. The molecule has 0 radical (unpaired) electrons. The van der Waals surface area contributed by atoms with Gasteiger partial charge in [-0.3, -0.25) is 0 Å². The molecule has 0 aliphatic carbocycles. The van der Waals surface area contributed by atoms with Crippen LogP contribution in [0.3, 0.4) is 0 Å². The van der Waals surface area contributed by atoms with E-state index in [1.54, 1.807) is 11.8 Å². The molecule has 0 unspecified atom stereocenters. The summed E-state index contributed by atoms with van der Waals surface area (Å²) < 4.78 is 6.59. The third-order valence-electron chi connectivity index (χ3n) is 3.06. The summed E-state index contributed by atoms with van der Waals surface area (Å²) in [6, 6.07) is 12.1. The molecule has 21 heavy (non-hydrogen) atoms. The minimum absolute atomic E-state index is 0.462. The number of hydrogen-bond donors (Lipinski definition) is 0. The molecule has 1 heterocycles. The van der Waals surface area contributed by atoms with Crippen LogP contribution in [0.15, 0.2) is 50.8 Å². The fourth-order valence-electron chi connectivity index (χ4n) is 1.68. The van der Waals surface area contributed by atoms with E-state index in [1.807, 2.05) is 32.9 Å². The van der Waals surface area contributed by atoms with Gasteiger partial charge in [-0.2, -0.15) is 0 Å². The SMILES string of the molecule is CCc1ccc(Sc2ccc(/C=[N+](\[O-])C(C)(C)C)o2)cc1. The van der Waals surface area contributed by atoms with Gasteiger partial charge in [0.25, 0.3) is 0 Å². The van der Waals surface area contributed by atoms with Crippen LogP contribution in [0.25, 0.3) is 0 Å². The molecule has 0 amide bonds. The third kappa shape index (κ3) is 4.39. The van der Waals surface area contributed by atoms with Gasteiger partial charge in [-0.15, -0.1) is 0 Å². The van der Waals surface area contributed by atoms with Gasteiger partial charge >= 0.3 is 0 Å². The first-order valence-corrected chi connectivity index (χ1v) is 7.88. The summed E-state index contributed by atoms with van der Waals surface area (Å²) in [6.07, 6.45) is 2.53. The van der Waals surface area contributed by atoms with E-state index >= 15 is 0 Å². The highest BCUT2D eigenvalue weighted by Crippen LogP contribution is 2.29. The number of nitrogens with zero attached hydrogens (tertiary/aromatic N) is 1. The Labute approximate surface area is 130 Å². The van der Waals surface area contributed by atoms with E-state index in [9.17, 15) is 5.21 Å². The fourth-order valence-corrected chi connectivity index (χ4v) is 2.46. The maximum Gasteiger partial charge on any atom is 0.218 e. The average Bonchev–Trinajstić information content (AvgIpc) is 2.86. The van der Waals surface area contributed by atoms with Crippen LogP contribution in [0.1, 0.15) is 39.0 Å². The predicted molar refractivity (Wildman–Crippen MR) is 87.2 cm³/mol. The molecule has 0 bridgehead atoms. The topological polar surface area (TPSA) is 39.2 Å². The van der Waals surface area contributed by atoms with Gasteiger partial charge < -0.3 is 9.62 Å². The number of rotatable bonds is 4. The standard InChI is InChI=1S/C17H21NO2S/c1-5-13-6-9-15(10-7-13)21-16-11-8-14(20-16)12-18(19)17(2,3)4/h6-12H,5H2,1-4H3/b18-12-. The molecule has 0 atom stereocenters. The molecule has 112 valence electrons. The Morgan fingerprint density at radius 1 is 1.14 bits per heavy atom. The van der Waals surface area contributed by atoms with Crippen molar-refractivity contribution in [3.8, 4) is 0 Å². The van der Waals surface area contributed by atoms with E-state index in [1.165, 1.54) is 11.8 Å². The Kier molecular flexibility index (Phi) is 4.78. The van der Waals surface area contributed by atoms with E-state index in [2.05, 4.69) is 31.2 Å². The molecule has 0 saturated heterocycles. The third-order valence-corrected chi connectivity index (χ3v) is 3.99. The van der Waals surface area contributed by atoms with Crippen LogP contribution in [0.5, 0.6) is 0 Å². The first-order valence-electron chi connectivity index (χ1n) is 7.06. The zero-order chi connectivity index (χ0) is 15.5. The molecule has 2 rings (SSSR count). The van der Waals surface area contributed by atoms with Gasteiger partial charge in [0.05, 0.1) is 0 Å². The second-order valence-electron chi connectivity index (χ2n) is 5.88. The van der Waals surface area contributed by atoms with E-state index in [0.717, 1.165) is 21.1 Å². The Morgan fingerprint density at radius 3 is 2.38 bits per heavy atom. The first kappa shape index (κ1) is 15.7. The lowest BCUT2D eigenvalue weighted by Gasteiger charge is -2.17. The number of hydrogen-bond acceptors (Lipinski definition) is 3. The molecular weight excluding hydrogens is 282 g/mol. The molecule has 0 aliphatic rings. The van der Waals surface area contributed by atoms with Crippen molar-refractivity contribution in [3.63, 3.8) is 0 Å². The van der Waals surface area contributed by atoms with Crippen molar-refractivity contribution in [3.05, 3.63) is 52.9 Å². The molecule has 0 N–H and O–H groups in total. The Hall–Kier alpha value is -1.68. The second kappa shape index (κ2) is 6.39. The van der Waals surface area contributed by atoms with Crippen LogP contribution in [-0.2, 0) is 6.42 Å². The zero-order valence-corrected chi connectivity index (χ0v) is 13.7. The van der Waals surface area contributed by atoms with Crippen molar-refractivity contribution in [2.75, 3.05) is 0 Å². The molecule has 0 aliphatic heterocycles. The van der Waals surface area contributed by atoms with Crippen molar-refractivity contribution < 1.29 is 9.16 Å².